The van der Waals surface area contributed by atoms with Crippen molar-refractivity contribution in [2.45, 2.75) is 32.7 Å². The molecular weight excluding hydrogens is 236 g/mol. The number of rotatable bonds is 6. The molecule has 2 aromatic heterocycles. The van der Waals surface area contributed by atoms with Crippen LogP contribution in [-0.4, -0.2) is 21.3 Å². The van der Waals surface area contributed by atoms with Gasteiger partial charge in [0, 0.05) is 31.2 Å². The van der Waals surface area contributed by atoms with Crippen LogP contribution in [0, 0.1) is 6.92 Å². The number of aryl methyl sites for hydroxylation is 3. The fourth-order valence-corrected chi connectivity index (χ4v) is 2.23. The van der Waals surface area contributed by atoms with Gasteiger partial charge in [-0.15, -0.1) is 0 Å². The Morgan fingerprint density at radius 1 is 1.32 bits per heavy atom. The van der Waals surface area contributed by atoms with Gasteiger partial charge >= 0.3 is 0 Å². The molecule has 2 heterocycles. The second-order valence-electron chi connectivity index (χ2n) is 4.90. The summed E-state index contributed by atoms with van der Waals surface area (Å²) in [6, 6.07) is 4.60. The summed E-state index contributed by atoms with van der Waals surface area (Å²) < 4.78 is 1.85. The first kappa shape index (κ1) is 13.7. The minimum absolute atomic E-state index is 0.360. The number of aromatic nitrogens is 3. The van der Waals surface area contributed by atoms with E-state index in [2.05, 4.69) is 40.7 Å². The van der Waals surface area contributed by atoms with Gasteiger partial charge in [-0.05, 0) is 43.5 Å². The minimum Gasteiger partial charge on any atom is -0.310 e. The first-order valence-corrected chi connectivity index (χ1v) is 6.82. The van der Waals surface area contributed by atoms with E-state index in [1.165, 1.54) is 11.1 Å². The number of nitrogens with zero attached hydrogens (tertiary/aromatic N) is 3. The molecule has 0 radical (unpaired) electrons. The van der Waals surface area contributed by atoms with Gasteiger partial charge in [-0.25, -0.2) is 0 Å². The molecule has 0 saturated heterocycles. The van der Waals surface area contributed by atoms with E-state index in [1.807, 2.05) is 31.0 Å². The van der Waals surface area contributed by atoms with Crippen LogP contribution in [0.2, 0.25) is 0 Å². The number of pyridine rings is 1. The first-order chi connectivity index (χ1) is 9.19. The van der Waals surface area contributed by atoms with E-state index < -0.39 is 0 Å². The molecule has 102 valence electrons. The molecule has 0 amide bonds. The second-order valence-corrected chi connectivity index (χ2v) is 4.90. The summed E-state index contributed by atoms with van der Waals surface area (Å²) in [5, 5.41) is 7.74. The second kappa shape index (κ2) is 6.48. The van der Waals surface area contributed by atoms with Crippen LogP contribution < -0.4 is 5.32 Å². The van der Waals surface area contributed by atoms with Crippen molar-refractivity contribution in [1.29, 1.82) is 0 Å². The monoisotopic (exact) mass is 258 g/mol. The van der Waals surface area contributed by atoms with E-state index in [0.717, 1.165) is 25.1 Å². The van der Waals surface area contributed by atoms with Crippen LogP contribution in [0.1, 0.15) is 36.2 Å². The van der Waals surface area contributed by atoms with Gasteiger partial charge in [0.2, 0.25) is 0 Å². The predicted octanol–water partition coefficient (Wildman–Crippen LogP) is 2.41. The Bertz CT molecular complexity index is 501. The summed E-state index contributed by atoms with van der Waals surface area (Å²) in [5.74, 6) is 0. The molecule has 0 aliphatic rings. The van der Waals surface area contributed by atoms with Crippen molar-refractivity contribution in [3.63, 3.8) is 0 Å². The minimum atomic E-state index is 0.360. The van der Waals surface area contributed by atoms with Crippen molar-refractivity contribution in [1.82, 2.24) is 20.1 Å². The molecule has 2 aromatic rings. The van der Waals surface area contributed by atoms with Gasteiger partial charge in [-0.1, -0.05) is 13.0 Å². The van der Waals surface area contributed by atoms with Gasteiger partial charge < -0.3 is 5.32 Å². The molecule has 0 aliphatic heterocycles. The third kappa shape index (κ3) is 3.89. The molecule has 0 spiro atoms. The van der Waals surface area contributed by atoms with Gasteiger partial charge in [0.05, 0.1) is 6.20 Å². The SMILES string of the molecule is CCNC(CCc1cnn(C)c1)c1ccc(C)nc1. The van der Waals surface area contributed by atoms with E-state index in [9.17, 15) is 0 Å². The third-order valence-corrected chi connectivity index (χ3v) is 3.27. The third-order valence-electron chi connectivity index (χ3n) is 3.27. The van der Waals surface area contributed by atoms with Crippen LogP contribution in [0.4, 0.5) is 0 Å². The highest BCUT2D eigenvalue weighted by molar-refractivity contribution is 5.18. The molecule has 4 heteroatoms. The topological polar surface area (TPSA) is 42.7 Å². The molecule has 19 heavy (non-hydrogen) atoms. The Balaban J connectivity index is 2.01. The van der Waals surface area contributed by atoms with Crippen LogP contribution in [0.3, 0.4) is 0 Å². The van der Waals surface area contributed by atoms with Crippen molar-refractivity contribution >= 4 is 0 Å². The van der Waals surface area contributed by atoms with Crippen molar-refractivity contribution < 1.29 is 0 Å². The lowest BCUT2D eigenvalue weighted by Crippen LogP contribution is -2.21. The molecule has 2 rings (SSSR count). The fourth-order valence-electron chi connectivity index (χ4n) is 2.23. The smallest absolute Gasteiger partial charge is 0.0521 e. The largest absolute Gasteiger partial charge is 0.310 e. The van der Waals surface area contributed by atoms with Crippen LogP contribution in [0.5, 0.6) is 0 Å². The van der Waals surface area contributed by atoms with Crippen molar-refractivity contribution in [3.8, 4) is 0 Å². The number of hydrogen-bond donors (Lipinski definition) is 1. The summed E-state index contributed by atoms with van der Waals surface area (Å²) in [6.45, 7) is 5.12. The lowest BCUT2D eigenvalue weighted by atomic mass is 10.0. The van der Waals surface area contributed by atoms with Gasteiger partial charge in [0.15, 0.2) is 0 Å². The van der Waals surface area contributed by atoms with E-state index in [1.54, 1.807) is 0 Å². The molecule has 0 aromatic carbocycles. The Labute approximate surface area is 114 Å². The standard InChI is InChI=1S/C15H22N4/c1-4-16-15(14-7-5-12(2)17-10-14)8-6-13-9-18-19(3)11-13/h5,7,9-11,15-16H,4,6,8H2,1-3H3. The quantitative estimate of drug-likeness (QED) is 0.865. The lowest BCUT2D eigenvalue weighted by molar-refractivity contribution is 0.514. The maximum Gasteiger partial charge on any atom is 0.0521 e. The zero-order valence-corrected chi connectivity index (χ0v) is 11.9. The van der Waals surface area contributed by atoms with Gasteiger partial charge in [0.1, 0.15) is 0 Å². The Hall–Kier alpha value is -1.68. The molecule has 1 atom stereocenters. The molecule has 1 unspecified atom stereocenters. The summed E-state index contributed by atoms with van der Waals surface area (Å²) in [6.07, 6.45) is 8.09. The molecule has 0 fully saturated rings. The Kier molecular flexibility index (Phi) is 4.68. The van der Waals surface area contributed by atoms with Crippen LogP contribution >= 0.6 is 0 Å². The molecule has 0 saturated carbocycles. The lowest BCUT2D eigenvalue weighted by Gasteiger charge is -2.17. The average molecular weight is 258 g/mol. The highest BCUT2D eigenvalue weighted by Gasteiger charge is 2.11. The molecule has 4 nitrogen and oxygen atoms in total. The van der Waals surface area contributed by atoms with Crippen molar-refractivity contribution in [3.05, 3.63) is 47.5 Å². The van der Waals surface area contributed by atoms with Gasteiger partial charge in [-0.2, -0.15) is 5.10 Å². The highest BCUT2D eigenvalue weighted by Crippen LogP contribution is 2.18. The maximum atomic E-state index is 4.38. The molecule has 0 bridgehead atoms. The van der Waals surface area contributed by atoms with Gasteiger partial charge in [-0.3, -0.25) is 9.67 Å². The van der Waals surface area contributed by atoms with Crippen LogP contribution in [-0.2, 0) is 13.5 Å². The molecule has 0 aliphatic carbocycles. The maximum absolute atomic E-state index is 4.38. The summed E-state index contributed by atoms with van der Waals surface area (Å²) in [7, 11) is 1.95. The number of nitrogens with one attached hydrogen (secondary N) is 1. The van der Waals surface area contributed by atoms with Crippen LogP contribution in [0.25, 0.3) is 0 Å². The van der Waals surface area contributed by atoms with E-state index in [-0.39, 0.29) is 0 Å². The molecule has 1 N–H and O–H groups in total. The van der Waals surface area contributed by atoms with Crippen molar-refractivity contribution in [2.75, 3.05) is 6.54 Å². The van der Waals surface area contributed by atoms with Crippen LogP contribution in [0.15, 0.2) is 30.7 Å². The van der Waals surface area contributed by atoms with E-state index in [4.69, 9.17) is 0 Å². The van der Waals surface area contributed by atoms with E-state index >= 15 is 0 Å². The summed E-state index contributed by atoms with van der Waals surface area (Å²) in [4.78, 5) is 4.38. The zero-order chi connectivity index (χ0) is 13.7. The predicted molar refractivity (Wildman–Crippen MR) is 76.9 cm³/mol. The number of hydrogen-bond acceptors (Lipinski definition) is 3. The molecular formula is C15H22N4. The van der Waals surface area contributed by atoms with Crippen molar-refractivity contribution in [2.24, 2.45) is 7.05 Å². The Morgan fingerprint density at radius 3 is 2.74 bits per heavy atom. The fraction of sp³-hybridized carbons (Fsp3) is 0.467. The Morgan fingerprint density at radius 2 is 2.16 bits per heavy atom. The van der Waals surface area contributed by atoms with E-state index in [0.29, 0.717) is 6.04 Å². The first-order valence-electron chi connectivity index (χ1n) is 6.82. The summed E-state index contributed by atoms with van der Waals surface area (Å²) >= 11 is 0. The highest BCUT2D eigenvalue weighted by atomic mass is 15.2. The van der Waals surface area contributed by atoms with Gasteiger partial charge in [0.25, 0.3) is 0 Å². The summed E-state index contributed by atoms with van der Waals surface area (Å²) in [5.41, 5.74) is 3.60. The normalized spacial score (nSPS) is 12.6. The average Bonchev–Trinajstić information content (AvgIpc) is 2.81. The zero-order valence-electron chi connectivity index (χ0n) is 11.9.